The van der Waals surface area contributed by atoms with E-state index in [4.69, 9.17) is 4.42 Å². The topological polar surface area (TPSA) is 109 Å². The van der Waals surface area contributed by atoms with E-state index >= 15 is 0 Å². The van der Waals surface area contributed by atoms with Gasteiger partial charge in [-0.15, -0.1) is 0 Å². The van der Waals surface area contributed by atoms with E-state index in [1.807, 2.05) is 6.92 Å². The second-order valence-electron chi connectivity index (χ2n) is 8.54. The molecule has 8 nitrogen and oxygen atoms in total. The van der Waals surface area contributed by atoms with Crippen LogP contribution in [0.15, 0.2) is 57.8 Å². The van der Waals surface area contributed by atoms with E-state index in [0.717, 1.165) is 9.87 Å². The number of carbonyl (C=O) groups excluding carboxylic acids is 2. The summed E-state index contributed by atoms with van der Waals surface area (Å²) in [5, 5.41) is 5.45. The van der Waals surface area contributed by atoms with Gasteiger partial charge in [0.25, 0.3) is 10.0 Å². The van der Waals surface area contributed by atoms with Gasteiger partial charge in [-0.1, -0.05) is 29.8 Å². The lowest BCUT2D eigenvalue weighted by Crippen LogP contribution is -2.53. The summed E-state index contributed by atoms with van der Waals surface area (Å²) in [6.07, 6.45) is -0.344. The molecular weight excluding hydrogens is 454 g/mol. The maximum Gasteiger partial charge on any atom is 0.265 e. The average molecular weight is 482 g/mol. The zero-order chi connectivity index (χ0) is 24.6. The first-order chi connectivity index (χ1) is 16.1. The molecule has 0 bridgehead atoms. The fourth-order valence-electron chi connectivity index (χ4n) is 4.42. The first kappa shape index (κ1) is 23.6. The largest absolute Gasteiger partial charge is 0.465 e. The molecule has 2 heterocycles. The van der Waals surface area contributed by atoms with E-state index in [9.17, 15) is 18.0 Å². The number of benzene rings is 2. The van der Waals surface area contributed by atoms with Gasteiger partial charge in [0.05, 0.1) is 29.2 Å². The number of amides is 2. The summed E-state index contributed by atoms with van der Waals surface area (Å²) >= 11 is 0. The number of para-hydroxylation sites is 2. The third kappa shape index (κ3) is 4.43. The molecular formula is C25H27N3O5S. The monoisotopic (exact) mass is 481 g/mol. The highest BCUT2D eigenvalue weighted by Gasteiger charge is 2.42. The number of rotatable bonds is 6. The SMILES string of the molecule is Cc1cc(C)c(S(=O)(=O)N2c3ccccc3NC(=O)C2CC(=O)NCc2ccc(C)o2)c(C)c1. The molecule has 3 aromatic rings. The van der Waals surface area contributed by atoms with E-state index in [1.54, 1.807) is 69.3 Å². The number of hydrogen-bond donors (Lipinski definition) is 2. The number of anilines is 2. The lowest BCUT2D eigenvalue weighted by atomic mass is 10.1. The van der Waals surface area contributed by atoms with Gasteiger partial charge in [-0.3, -0.25) is 13.9 Å². The Bertz CT molecular complexity index is 1350. The van der Waals surface area contributed by atoms with Crippen LogP contribution < -0.4 is 14.9 Å². The first-order valence-corrected chi connectivity index (χ1v) is 12.4. The number of nitrogens with zero attached hydrogens (tertiary/aromatic N) is 1. The summed E-state index contributed by atoms with van der Waals surface area (Å²) < 4.78 is 34.6. The Balaban J connectivity index is 1.72. The number of fused-ring (bicyclic) bond motifs is 1. The Hall–Kier alpha value is -3.59. The van der Waals surface area contributed by atoms with E-state index in [0.29, 0.717) is 34.0 Å². The molecule has 9 heteroatoms. The van der Waals surface area contributed by atoms with Gasteiger partial charge in [-0.05, 0) is 63.1 Å². The Morgan fingerprint density at radius 3 is 2.38 bits per heavy atom. The molecule has 2 amide bonds. The molecule has 1 unspecified atom stereocenters. The van der Waals surface area contributed by atoms with E-state index in [1.165, 1.54) is 0 Å². The van der Waals surface area contributed by atoms with E-state index in [-0.39, 0.29) is 17.9 Å². The molecule has 1 aliphatic heterocycles. The van der Waals surface area contributed by atoms with Crippen molar-refractivity contribution in [1.82, 2.24) is 5.32 Å². The Morgan fingerprint density at radius 1 is 1.06 bits per heavy atom. The molecule has 0 fully saturated rings. The maximum atomic E-state index is 14.0. The molecule has 0 saturated heterocycles. The van der Waals surface area contributed by atoms with Crippen LogP contribution in [0.2, 0.25) is 0 Å². The molecule has 1 aromatic heterocycles. The van der Waals surface area contributed by atoms with Crippen LogP contribution in [0.5, 0.6) is 0 Å². The number of furan rings is 1. The molecule has 0 spiro atoms. The lowest BCUT2D eigenvalue weighted by molar-refractivity contribution is -0.125. The standard InChI is InChI=1S/C25H27N3O5S/c1-15-11-16(2)24(17(3)12-15)34(31,32)28-21-8-6-5-7-20(21)27-25(30)22(28)13-23(29)26-14-19-10-9-18(4)33-19/h5-12,22H,13-14H2,1-4H3,(H,26,29)(H,27,30). The fraction of sp³-hybridized carbons (Fsp3) is 0.280. The van der Waals surface area contributed by atoms with Crippen LogP contribution in [0.1, 0.15) is 34.6 Å². The van der Waals surface area contributed by atoms with Gasteiger partial charge in [0.2, 0.25) is 11.8 Å². The third-order valence-electron chi connectivity index (χ3n) is 5.74. The highest BCUT2D eigenvalue weighted by atomic mass is 32.2. The Morgan fingerprint density at radius 2 is 1.74 bits per heavy atom. The van der Waals surface area contributed by atoms with Gasteiger partial charge in [-0.2, -0.15) is 0 Å². The van der Waals surface area contributed by atoms with Crippen molar-refractivity contribution in [3.8, 4) is 0 Å². The number of sulfonamides is 1. The summed E-state index contributed by atoms with van der Waals surface area (Å²) in [4.78, 5) is 26.0. The van der Waals surface area contributed by atoms with Crippen molar-refractivity contribution in [3.05, 3.63) is 76.7 Å². The maximum absolute atomic E-state index is 14.0. The van der Waals surface area contributed by atoms with Crippen molar-refractivity contribution in [2.75, 3.05) is 9.62 Å². The molecule has 0 radical (unpaired) electrons. The quantitative estimate of drug-likeness (QED) is 0.558. The molecule has 34 heavy (non-hydrogen) atoms. The Labute approximate surface area is 199 Å². The second-order valence-corrected chi connectivity index (χ2v) is 10.3. The van der Waals surface area contributed by atoms with Crippen molar-refractivity contribution < 1.29 is 22.4 Å². The molecule has 2 N–H and O–H groups in total. The molecule has 4 rings (SSSR count). The summed E-state index contributed by atoms with van der Waals surface area (Å²) in [7, 11) is -4.17. The van der Waals surface area contributed by atoms with Crippen LogP contribution in [-0.2, 0) is 26.2 Å². The van der Waals surface area contributed by atoms with E-state index < -0.39 is 27.9 Å². The van der Waals surface area contributed by atoms with E-state index in [2.05, 4.69) is 10.6 Å². The van der Waals surface area contributed by atoms with Crippen molar-refractivity contribution in [1.29, 1.82) is 0 Å². The van der Waals surface area contributed by atoms with Crippen LogP contribution >= 0.6 is 0 Å². The number of carbonyl (C=O) groups is 2. The number of aryl methyl sites for hydroxylation is 4. The molecule has 1 aliphatic rings. The minimum absolute atomic E-state index is 0.138. The third-order valence-corrected chi connectivity index (χ3v) is 7.87. The van der Waals surface area contributed by atoms with Gasteiger partial charge < -0.3 is 15.1 Å². The van der Waals surface area contributed by atoms with Crippen molar-refractivity contribution in [3.63, 3.8) is 0 Å². The smallest absolute Gasteiger partial charge is 0.265 e. The van der Waals surface area contributed by atoms with Crippen molar-refractivity contribution in [2.45, 2.75) is 51.6 Å². The van der Waals surface area contributed by atoms with Crippen LogP contribution in [0.25, 0.3) is 0 Å². The zero-order valence-corrected chi connectivity index (χ0v) is 20.3. The van der Waals surface area contributed by atoms with Gasteiger partial charge >= 0.3 is 0 Å². The Kier molecular flexibility index (Phi) is 6.22. The highest BCUT2D eigenvalue weighted by molar-refractivity contribution is 7.93. The fourth-order valence-corrected chi connectivity index (χ4v) is 6.47. The van der Waals surface area contributed by atoms with Gasteiger partial charge in [0.15, 0.2) is 0 Å². The molecule has 0 saturated carbocycles. The second kappa shape index (κ2) is 8.98. The van der Waals surface area contributed by atoms with Crippen molar-refractivity contribution >= 4 is 33.2 Å². The number of hydrogen-bond acceptors (Lipinski definition) is 5. The lowest BCUT2D eigenvalue weighted by Gasteiger charge is -2.37. The van der Waals surface area contributed by atoms with Gasteiger partial charge in [-0.25, -0.2) is 8.42 Å². The summed E-state index contributed by atoms with van der Waals surface area (Å²) in [5.74, 6) is 0.258. The minimum Gasteiger partial charge on any atom is -0.465 e. The predicted molar refractivity (Wildman–Crippen MR) is 129 cm³/mol. The average Bonchev–Trinajstić information content (AvgIpc) is 3.16. The van der Waals surface area contributed by atoms with Crippen LogP contribution in [0.4, 0.5) is 11.4 Å². The minimum atomic E-state index is -4.17. The molecule has 178 valence electrons. The van der Waals surface area contributed by atoms with Crippen molar-refractivity contribution in [2.24, 2.45) is 0 Å². The van der Waals surface area contributed by atoms with Crippen LogP contribution in [-0.4, -0.2) is 26.3 Å². The predicted octanol–water partition coefficient (Wildman–Crippen LogP) is 3.74. The summed E-state index contributed by atoms with van der Waals surface area (Å²) in [5.41, 5.74) is 2.80. The first-order valence-electron chi connectivity index (χ1n) is 10.9. The van der Waals surface area contributed by atoms with Crippen LogP contribution in [0.3, 0.4) is 0 Å². The molecule has 1 atom stereocenters. The molecule has 2 aromatic carbocycles. The highest BCUT2D eigenvalue weighted by Crippen LogP contribution is 2.38. The molecule has 0 aliphatic carbocycles. The number of nitrogens with one attached hydrogen (secondary N) is 2. The van der Waals surface area contributed by atoms with Gasteiger partial charge in [0.1, 0.15) is 17.6 Å². The summed E-state index contributed by atoms with van der Waals surface area (Å²) in [6, 6.07) is 12.5. The van der Waals surface area contributed by atoms with Crippen LogP contribution in [0, 0.1) is 27.7 Å². The van der Waals surface area contributed by atoms with Gasteiger partial charge in [0, 0.05) is 0 Å². The normalized spacial score (nSPS) is 15.6. The zero-order valence-electron chi connectivity index (χ0n) is 19.5. The summed E-state index contributed by atoms with van der Waals surface area (Å²) in [6.45, 7) is 7.30.